The number of hydrogen-bond donors (Lipinski definition) is 2. The van der Waals surface area contributed by atoms with Crippen LogP contribution in [-0.4, -0.2) is 45.2 Å². The van der Waals surface area contributed by atoms with E-state index >= 15 is 0 Å². The summed E-state index contributed by atoms with van der Waals surface area (Å²) in [6.45, 7) is 7.36. The van der Waals surface area contributed by atoms with Gasteiger partial charge in [0.25, 0.3) is 0 Å². The molecular weight excluding hydrogens is 256 g/mol. The van der Waals surface area contributed by atoms with Crippen molar-refractivity contribution in [2.75, 3.05) is 13.1 Å². The van der Waals surface area contributed by atoms with Gasteiger partial charge in [0.15, 0.2) is 0 Å². The highest BCUT2D eigenvalue weighted by molar-refractivity contribution is 5.66. The maximum Gasteiger partial charge on any atom is 0.408 e. The Hall–Kier alpha value is -1.69. The Kier molecular flexibility index (Phi) is 4.54. The van der Waals surface area contributed by atoms with Crippen LogP contribution in [0.25, 0.3) is 0 Å². The summed E-state index contributed by atoms with van der Waals surface area (Å²) in [6.07, 6.45) is 0.817. The summed E-state index contributed by atoms with van der Waals surface area (Å²) >= 11 is 0. The number of aromatic nitrogens is 2. The molecule has 2 heterocycles. The fourth-order valence-corrected chi connectivity index (χ4v) is 2.83. The molecule has 2 N–H and O–H groups in total. The fourth-order valence-electron chi connectivity index (χ4n) is 2.83. The van der Waals surface area contributed by atoms with E-state index in [4.69, 9.17) is 0 Å². The molecule has 0 bridgehead atoms. The lowest BCUT2D eigenvalue weighted by atomic mass is 10.0. The third kappa shape index (κ3) is 3.25. The van der Waals surface area contributed by atoms with Crippen molar-refractivity contribution < 1.29 is 9.90 Å². The Morgan fingerprint density at radius 1 is 1.40 bits per heavy atom. The van der Waals surface area contributed by atoms with Crippen LogP contribution >= 0.6 is 0 Å². The van der Waals surface area contributed by atoms with Gasteiger partial charge in [-0.15, -0.1) is 0 Å². The van der Waals surface area contributed by atoms with E-state index in [0.29, 0.717) is 5.82 Å². The molecule has 0 aromatic carbocycles. The summed E-state index contributed by atoms with van der Waals surface area (Å²) in [5.74, 6) is 0.683. The summed E-state index contributed by atoms with van der Waals surface area (Å²) in [6, 6.07) is 1.67. The third-order valence-corrected chi connectivity index (χ3v) is 3.75. The van der Waals surface area contributed by atoms with Crippen molar-refractivity contribution in [1.29, 1.82) is 0 Å². The predicted octanol–water partition coefficient (Wildman–Crippen LogP) is 1.89. The fraction of sp³-hybridized carbons (Fsp3) is 0.643. The molecule has 1 aromatic heterocycles. The van der Waals surface area contributed by atoms with Gasteiger partial charge in [-0.25, -0.2) is 14.8 Å². The molecule has 110 valence electrons. The van der Waals surface area contributed by atoms with Crippen LogP contribution in [0, 0.1) is 13.8 Å². The highest BCUT2D eigenvalue weighted by Gasteiger charge is 2.30. The maximum absolute atomic E-state index is 11.6. The van der Waals surface area contributed by atoms with Crippen LogP contribution in [-0.2, 0) is 0 Å². The van der Waals surface area contributed by atoms with E-state index in [9.17, 15) is 9.90 Å². The summed E-state index contributed by atoms with van der Waals surface area (Å²) in [5.41, 5.74) is 1.64. The largest absolute Gasteiger partial charge is 0.465 e. The zero-order valence-electron chi connectivity index (χ0n) is 12.3. The number of hydrogen-bond acceptors (Lipinski definition) is 4. The van der Waals surface area contributed by atoms with Gasteiger partial charge < -0.3 is 10.4 Å². The smallest absolute Gasteiger partial charge is 0.408 e. The highest BCUT2D eigenvalue weighted by atomic mass is 16.4. The molecule has 1 aliphatic heterocycles. The zero-order chi connectivity index (χ0) is 14.7. The zero-order valence-corrected chi connectivity index (χ0v) is 12.3. The molecule has 0 saturated carbocycles. The van der Waals surface area contributed by atoms with E-state index in [-0.39, 0.29) is 12.1 Å². The first kappa shape index (κ1) is 14.7. The Morgan fingerprint density at radius 3 is 2.60 bits per heavy atom. The minimum Gasteiger partial charge on any atom is -0.465 e. The lowest BCUT2D eigenvalue weighted by Crippen LogP contribution is -2.46. The number of aryl methyl sites for hydroxylation is 2. The second-order valence-electron chi connectivity index (χ2n) is 5.33. The molecule has 1 atom stereocenters. The number of amides is 1. The topological polar surface area (TPSA) is 78.4 Å². The van der Waals surface area contributed by atoms with Crippen LogP contribution in [0.3, 0.4) is 0 Å². The standard InChI is InChI=1S/C14H22N4O2/c1-9-8-13(17-11(3)16-9)10(2)18(14(19)20)12-4-6-15-7-5-12/h8,10,12,15H,4-7H2,1-3H3,(H,19,20). The Balaban J connectivity index is 2.25. The van der Waals surface area contributed by atoms with Crippen LogP contribution < -0.4 is 5.32 Å². The number of piperidine rings is 1. The van der Waals surface area contributed by atoms with Crippen molar-refractivity contribution in [2.24, 2.45) is 0 Å². The van der Waals surface area contributed by atoms with E-state index < -0.39 is 6.09 Å². The normalized spacial score (nSPS) is 17.8. The van der Waals surface area contributed by atoms with Gasteiger partial charge in [0.1, 0.15) is 5.82 Å². The average Bonchev–Trinajstić information content (AvgIpc) is 2.38. The maximum atomic E-state index is 11.6. The van der Waals surface area contributed by atoms with Crippen LogP contribution in [0.4, 0.5) is 4.79 Å². The molecule has 0 spiro atoms. The van der Waals surface area contributed by atoms with Gasteiger partial charge in [0.05, 0.1) is 11.7 Å². The monoisotopic (exact) mass is 278 g/mol. The molecule has 20 heavy (non-hydrogen) atoms. The van der Waals surface area contributed by atoms with Gasteiger partial charge in [-0.05, 0) is 52.8 Å². The van der Waals surface area contributed by atoms with E-state index in [2.05, 4.69) is 15.3 Å². The summed E-state index contributed by atoms with van der Waals surface area (Å²) < 4.78 is 0. The lowest BCUT2D eigenvalue weighted by molar-refractivity contribution is 0.0895. The van der Waals surface area contributed by atoms with E-state index in [1.54, 1.807) is 4.90 Å². The molecule has 6 nitrogen and oxygen atoms in total. The Bertz CT molecular complexity index is 466. The molecule has 1 aliphatic rings. The molecule has 1 unspecified atom stereocenters. The first-order valence-electron chi connectivity index (χ1n) is 7.03. The Labute approximate surface area is 119 Å². The van der Waals surface area contributed by atoms with Crippen LogP contribution in [0.2, 0.25) is 0 Å². The van der Waals surface area contributed by atoms with Gasteiger partial charge in [-0.1, -0.05) is 0 Å². The van der Waals surface area contributed by atoms with Gasteiger partial charge in [0, 0.05) is 11.7 Å². The predicted molar refractivity (Wildman–Crippen MR) is 75.7 cm³/mol. The Morgan fingerprint density at radius 2 is 2.05 bits per heavy atom. The number of nitrogens with zero attached hydrogens (tertiary/aromatic N) is 3. The molecule has 1 saturated heterocycles. The van der Waals surface area contributed by atoms with E-state index in [1.807, 2.05) is 26.8 Å². The summed E-state index contributed by atoms with van der Waals surface area (Å²) in [7, 11) is 0. The van der Waals surface area contributed by atoms with Gasteiger partial charge >= 0.3 is 6.09 Å². The first-order valence-corrected chi connectivity index (χ1v) is 7.03. The number of nitrogens with one attached hydrogen (secondary N) is 1. The number of carbonyl (C=O) groups is 1. The molecule has 1 aromatic rings. The average molecular weight is 278 g/mol. The SMILES string of the molecule is Cc1cc(C(C)N(C(=O)O)C2CCNCC2)nc(C)n1. The molecule has 1 fully saturated rings. The second kappa shape index (κ2) is 6.17. The van der Waals surface area contributed by atoms with Gasteiger partial charge in [0.2, 0.25) is 0 Å². The van der Waals surface area contributed by atoms with Crippen molar-refractivity contribution in [3.05, 3.63) is 23.3 Å². The van der Waals surface area contributed by atoms with Crippen LogP contribution in [0.15, 0.2) is 6.07 Å². The molecule has 0 radical (unpaired) electrons. The molecule has 0 aliphatic carbocycles. The number of rotatable bonds is 3. The molecule has 6 heteroatoms. The minimum absolute atomic E-state index is 0.0549. The van der Waals surface area contributed by atoms with Crippen molar-refractivity contribution in [2.45, 2.75) is 45.7 Å². The van der Waals surface area contributed by atoms with Gasteiger partial charge in [-0.2, -0.15) is 0 Å². The van der Waals surface area contributed by atoms with Crippen LogP contribution in [0.5, 0.6) is 0 Å². The highest BCUT2D eigenvalue weighted by Crippen LogP contribution is 2.25. The molecular formula is C14H22N4O2. The molecule has 1 amide bonds. The van der Waals surface area contributed by atoms with E-state index in [1.165, 1.54) is 0 Å². The second-order valence-corrected chi connectivity index (χ2v) is 5.33. The third-order valence-electron chi connectivity index (χ3n) is 3.75. The summed E-state index contributed by atoms with van der Waals surface area (Å²) in [5, 5.41) is 12.8. The van der Waals surface area contributed by atoms with Crippen molar-refractivity contribution in [1.82, 2.24) is 20.2 Å². The van der Waals surface area contributed by atoms with Crippen molar-refractivity contribution >= 4 is 6.09 Å². The van der Waals surface area contributed by atoms with Gasteiger partial charge in [-0.3, -0.25) is 4.90 Å². The minimum atomic E-state index is -0.877. The lowest BCUT2D eigenvalue weighted by Gasteiger charge is -2.36. The molecule has 2 rings (SSSR count). The van der Waals surface area contributed by atoms with Crippen molar-refractivity contribution in [3.8, 4) is 0 Å². The van der Waals surface area contributed by atoms with Crippen LogP contribution in [0.1, 0.15) is 43.0 Å². The number of carboxylic acid groups (broad SMARTS) is 1. The quantitative estimate of drug-likeness (QED) is 0.882. The van der Waals surface area contributed by atoms with Crippen molar-refractivity contribution in [3.63, 3.8) is 0 Å². The first-order chi connectivity index (χ1) is 9.49. The van der Waals surface area contributed by atoms with E-state index in [0.717, 1.165) is 37.3 Å². The summed E-state index contributed by atoms with van der Waals surface area (Å²) in [4.78, 5) is 21.8.